The fourth-order valence-corrected chi connectivity index (χ4v) is 3.33. The van der Waals surface area contributed by atoms with E-state index in [1.165, 1.54) is 24.1 Å². The van der Waals surface area contributed by atoms with Crippen molar-refractivity contribution in [2.24, 2.45) is 0 Å². The summed E-state index contributed by atoms with van der Waals surface area (Å²) in [5.74, 6) is 0. The Morgan fingerprint density at radius 1 is 1.14 bits per heavy atom. The molecule has 2 saturated heterocycles. The average molecular weight is 288 g/mol. The van der Waals surface area contributed by atoms with E-state index in [2.05, 4.69) is 52.0 Å². The van der Waals surface area contributed by atoms with Gasteiger partial charge in [0.2, 0.25) is 0 Å². The zero-order chi connectivity index (χ0) is 14.5. The van der Waals surface area contributed by atoms with E-state index < -0.39 is 0 Å². The van der Waals surface area contributed by atoms with Gasteiger partial charge in [0.1, 0.15) is 0 Å². The van der Waals surface area contributed by atoms with E-state index in [9.17, 15) is 0 Å². The molecule has 1 aromatic carbocycles. The molecular formula is C17H28N4. The van der Waals surface area contributed by atoms with Crippen LogP contribution in [0.5, 0.6) is 0 Å². The second-order valence-electron chi connectivity index (χ2n) is 6.44. The Labute approximate surface area is 128 Å². The van der Waals surface area contributed by atoms with Gasteiger partial charge in [-0.15, -0.1) is 0 Å². The molecule has 0 bridgehead atoms. The predicted octanol–water partition coefficient (Wildman–Crippen LogP) is 1.64. The maximum absolute atomic E-state index is 3.68. The van der Waals surface area contributed by atoms with Gasteiger partial charge in [-0.1, -0.05) is 12.1 Å². The maximum atomic E-state index is 3.68. The van der Waals surface area contributed by atoms with Crippen molar-refractivity contribution in [3.05, 3.63) is 29.8 Å². The highest BCUT2D eigenvalue weighted by Gasteiger charge is 2.17. The van der Waals surface area contributed by atoms with E-state index in [1.807, 2.05) is 0 Å². The predicted molar refractivity (Wildman–Crippen MR) is 88.7 cm³/mol. The lowest BCUT2D eigenvalue weighted by atomic mass is 10.0. The van der Waals surface area contributed by atoms with Crippen LogP contribution in [-0.4, -0.2) is 49.7 Å². The number of hydrogen-bond donors (Lipinski definition) is 3. The molecule has 0 amide bonds. The van der Waals surface area contributed by atoms with Crippen molar-refractivity contribution >= 4 is 5.69 Å². The number of anilines is 1. The molecule has 4 nitrogen and oxygen atoms in total. The average Bonchev–Trinajstić information content (AvgIpc) is 2.50. The number of piperazine rings is 1. The van der Waals surface area contributed by atoms with Crippen molar-refractivity contribution < 1.29 is 0 Å². The van der Waals surface area contributed by atoms with Gasteiger partial charge in [-0.3, -0.25) is 4.90 Å². The lowest BCUT2D eigenvalue weighted by molar-refractivity contribution is 0.233. The molecule has 0 aliphatic carbocycles. The molecule has 2 unspecified atom stereocenters. The summed E-state index contributed by atoms with van der Waals surface area (Å²) in [6, 6.07) is 10.3. The fourth-order valence-electron chi connectivity index (χ4n) is 3.33. The van der Waals surface area contributed by atoms with Gasteiger partial charge in [0.15, 0.2) is 0 Å². The topological polar surface area (TPSA) is 39.3 Å². The molecule has 1 aromatic rings. The van der Waals surface area contributed by atoms with Crippen LogP contribution in [0.15, 0.2) is 24.3 Å². The summed E-state index contributed by atoms with van der Waals surface area (Å²) >= 11 is 0. The SMILES string of the molecule is CC1CC(Nc2ccc(CN3CCNCC3)cc2)CCN1. The van der Waals surface area contributed by atoms with Crippen LogP contribution in [0.25, 0.3) is 0 Å². The largest absolute Gasteiger partial charge is 0.382 e. The zero-order valence-electron chi connectivity index (χ0n) is 13.1. The molecule has 0 spiro atoms. The van der Waals surface area contributed by atoms with Crippen molar-refractivity contribution in [3.8, 4) is 0 Å². The van der Waals surface area contributed by atoms with Crippen LogP contribution in [0, 0.1) is 0 Å². The quantitative estimate of drug-likeness (QED) is 0.788. The Morgan fingerprint density at radius 2 is 1.90 bits per heavy atom. The molecule has 2 fully saturated rings. The highest BCUT2D eigenvalue weighted by atomic mass is 15.2. The van der Waals surface area contributed by atoms with Gasteiger partial charge in [0, 0.05) is 50.5 Å². The zero-order valence-corrected chi connectivity index (χ0v) is 13.1. The Morgan fingerprint density at radius 3 is 2.62 bits per heavy atom. The molecule has 3 rings (SSSR count). The molecule has 4 heteroatoms. The minimum absolute atomic E-state index is 0.611. The molecule has 2 atom stereocenters. The van der Waals surface area contributed by atoms with Gasteiger partial charge in [-0.2, -0.15) is 0 Å². The van der Waals surface area contributed by atoms with Crippen LogP contribution in [0.2, 0.25) is 0 Å². The Balaban J connectivity index is 1.51. The third kappa shape index (κ3) is 4.43. The van der Waals surface area contributed by atoms with E-state index in [-0.39, 0.29) is 0 Å². The Hall–Kier alpha value is -1.10. The first kappa shape index (κ1) is 14.8. The molecular weight excluding hydrogens is 260 g/mol. The summed E-state index contributed by atoms with van der Waals surface area (Å²) in [5.41, 5.74) is 2.68. The van der Waals surface area contributed by atoms with E-state index in [0.717, 1.165) is 39.3 Å². The molecule has 3 N–H and O–H groups in total. The number of hydrogen-bond acceptors (Lipinski definition) is 4. The van der Waals surface area contributed by atoms with Gasteiger partial charge < -0.3 is 16.0 Å². The lowest BCUT2D eigenvalue weighted by Gasteiger charge is -2.29. The molecule has 0 radical (unpaired) electrons. The first-order chi connectivity index (χ1) is 10.3. The normalized spacial score (nSPS) is 27.5. The molecule has 2 aliphatic heterocycles. The van der Waals surface area contributed by atoms with Crippen LogP contribution < -0.4 is 16.0 Å². The summed E-state index contributed by atoms with van der Waals surface area (Å²) in [5, 5.41) is 10.6. The van der Waals surface area contributed by atoms with Crippen molar-refractivity contribution in [2.45, 2.75) is 38.4 Å². The van der Waals surface area contributed by atoms with Crippen LogP contribution in [0.4, 0.5) is 5.69 Å². The van der Waals surface area contributed by atoms with Gasteiger partial charge >= 0.3 is 0 Å². The first-order valence-corrected chi connectivity index (χ1v) is 8.31. The Bertz CT molecular complexity index is 425. The van der Waals surface area contributed by atoms with Crippen molar-refractivity contribution in [2.75, 3.05) is 38.0 Å². The number of nitrogens with one attached hydrogen (secondary N) is 3. The van der Waals surface area contributed by atoms with Crippen molar-refractivity contribution in [1.82, 2.24) is 15.5 Å². The molecule has 0 saturated carbocycles. The second kappa shape index (κ2) is 7.25. The second-order valence-corrected chi connectivity index (χ2v) is 6.44. The van der Waals surface area contributed by atoms with Crippen LogP contribution >= 0.6 is 0 Å². The van der Waals surface area contributed by atoms with Crippen LogP contribution in [-0.2, 0) is 6.54 Å². The third-order valence-corrected chi connectivity index (χ3v) is 4.56. The first-order valence-electron chi connectivity index (χ1n) is 8.31. The number of rotatable bonds is 4. The monoisotopic (exact) mass is 288 g/mol. The molecule has 2 heterocycles. The number of nitrogens with zero attached hydrogens (tertiary/aromatic N) is 1. The fraction of sp³-hybridized carbons (Fsp3) is 0.647. The maximum Gasteiger partial charge on any atom is 0.0342 e. The summed E-state index contributed by atoms with van der Waals surface area (Å²) in [6.45, 7) is 9.03. The standard InChI is InChI=1S/C17H28N4/c1-14-12-17(6-7-19-14)20-16-4-2-15(3-5-16)13-21-10-8-18-9-11-21/h2-5,14,17-20H,6-13H2,1H3. The molecule has 21 heavy (non-hydrogen) atoms. The lowest BCUT2D eigenvalue weighted by Crippen LogP contribution is -2.42. The van der Waals surface area contributed by atoms with E-state index in [0.29, 0.717) is 12.1 Å². The van der Waals surface area contributed by atoms with Gasteiger partial charge in [0.25, 0.3) is 0 Å². The Kier molecular flexibility index (Phi) is 5.12. The number of benzene rings is 1. The highest BCUT2D eigenvalue weighted by Crippen LogP contribution is 2.17. The summed E-state index contributed by atoms with van der Waals surface area (Å²) in [7, 11) is 0. The summed E-state index contributed by atoms with van der Waals surface area (Å²) in [6.07, 6.45) is 2.43. The van der Waals surface area contributed by atoms with Gasteiger partial charge in [0.05, 0.1) is 0 Å². The van der Waals surface area contributed by atoms with Gasteiger partial charge in [-0.25, -0.2) is 0 Å². The highest BCUT2D eigenvalue weighted by molar-refractivity contribution is 5.45. The van der Waals surface area contributed by atoms with E-state index in [4.69, 9.17) is 0 Å². The summed E-state index contributed by atoms with van der Waals surface area (Å²) < 4.78 is 0. The third-order valence-electron chi connectivity index (χ3n) is 4.56. The molecule has 2 aliphatic rings. The van der Waals surface area contributed by atoms with Crippen LogP contribution in [0.1, 0.15) is 25.3 Å². The molecule has 116 valence electrons. The smallest absolute Gasteiger partial charge is 0.0342 e. The van der Waals surface area contributed by atoms with Crippen molar-refractivity contribution in [3.63, 3.8) is 0 Å². The van der Waals surface area contributed by atoms with E-state index in [1.54, 1.807) is 0 Å². The van der Waals surface area contributed by atoms with E-state index >= 15 is 0 Å². The minimum atomic E-state index is 0.611. The van der Waals surface area contributed by atoms with Gasteiger partial charge in [-0.05, 0) is 44.0 Å². The van der Waals surface area contributed by atoms with Crippen molar-refractivity contribution in [1.29, 1.82) is 0 Å². The van der Waals surface area contributed by atoms with Crippen LogP contribution in [0.3, 0.4) is 0 Å². The summed E-state index contributed by atoms with van der Waals surface area (Å²) in [4.78, 5) is 2.52. The molecule has 0 aromatic heterocycles. The minimum Gasteiger partial charge on any atom is -0.382 e. The number of piperidine rings is 1.